The molecule has 0 saturated heterocycles. The third kappa shape index (κ3) is 1.34. The average molecular weight is 191 g/mol. The molecule has 2 rings (SSSR count). The van der Waals surface area contributed by atoms with Crippen molar-refractivity contribution in [3.8, 4) is 6.07 Å². The van der Waals surface area contributed by atoms with Gasteiger partial charge in [0.1, 0.15) is 0 Å². The van der Waals surface area contributed by atoms with E-state index in [0.717, 1.165) is 21.6 Å². The van der Waals surface area contributed by atoms with Gasteiger partial charge in [-0.05, 0) is 6.07 Å². The molecule has 1 aromatic heterocycles. The summed E-state index contributed by atoms with van der Waals surface area (Å²) < 4.78 is 5.77. The van der Waals surface area contributed by atoms with Gasteiger partial charge in [0.05, 0.1) is 17.2 Å². The van der Waals surface area contributed by atoms with Gasteiger partial charge in [0, 0.05) is 5.56 Å². The van der Waals surface area contributed by atoms with Crippen molar-refractivity contribution < 1.29 is 4.42 Å². The summed E-state index contributed by atoms with van der Waals surface area (Å²) in [5.41, 5.74) is 1.33. The number of rotatable bonds is 1. The second-order valence-corrected chi connectivity index (χ2v) is 3.51. The first-order chi connectivity index (χ1) is 6.31. The Morgan fingerprint density at radius 3 is 3.15 bits per heavy atom. The quantitative estimate of drug-likeness (QED) is 0.691. The molecule has 0 N–H and O–H groups in total. The minimum absolute atomic E-state index is 0.275. The van der Waals surface area contributed by atoms with Crippen molar-refractivity contribution >= 4 is 21.6 Å². The summed E-state index contributed by atoms with van der Waals surface area (Å²) >= 11 is 1.06. The van der Waals surface area contributed by atoms with Crippen LogP contribution in [0.2, 0.25) is 0 Å². The summed E-state index contributed by atoms with van der Waals surface area (Å²) in [6, 6.07) is 7.45. The van der Waals surface area contributed by atoms with Gasteiger partial charge in [-0.2, -0.15) is 5.26 Å². The first kappa shape index (κ1) is 8.02. The van der Waals surface area contributed by atoms with Gasteiger partial charge in [0.25, 0.3) is 0 Å². The lowest BCUT2D eigenvalue weighted by molar-refractivity contribution is 0.582. The number of para-hydroxylation sites is 1. The molecule has 4 heteroatoms. The fourth-order valence-corrected chi connectivity index (χ4v) is 1.89. The smallest absolute Gasteiger partial charge is 0.396 e. The van der Waals surface area contributed by atoms with Crippen molar-refractivity contribution in [2.45, 2.75) is 6.42 Å². The van der Waals surface area contributed by atoms with Gasteiger partial charge in [-0.25, -0.2) is 4.79 Å². The second kappa shape index (κ2) is 3.04. The zero-order valence-corrected chi connectivity index (χ0v) is 7.43. The van der Waals surface area contributed by atoms with E-state index >= 15 is 0 Å². The fourth-order valence-electron chi connectivity index (χ4n) is 1.18. The molecule has 2 aromatic rings. The van der Waals surface area contributed by atoms with Crippen molar-refractivity contribution in [2.24, 2.45) is 0 Å². The highest BCUT2D eigenvalue weighted by Crippen LogP contribution is 2.20. The second-order valence-electron chi connectivity index (χ2n) is 2.53. The first-order valence-corrected chi connectivity index (χ1v) is 4.51. The fraction of sp³-hybridized carbons (Fsp3) is 0.111. The van der Waals surface area contributed by atoms with E-state index in [2.05, 4.69) is 0 Å². The first-order valence-electron chi connectivity index (χ1n) is 3.70. The molecule has 0 amide bonds. The van der Waals surface area contributed by atoms with Crippen LogP contribution in [0.4, 0.5) is 0 Å². The van der Waals surface area contributed by atoms with E-state index in [9.17, 15) is 4.79 Å². The molecule has 0 unspecified atom stereocenters. The summed E-state index contributed by atoms with van der Waals surface area (Å²) in [5, 5.41) is 8.52. The van der Waals surface area contributed by atoms with E-state index in [1.165, 1.54) is 0 Å². The van der Waals surface area contributed by atoms with E-state index < -0.39 is 0 Å². The molecule has 0 aliphatic carbocycles. The molecule has 0 aliphatic rings. The van der Waals surface area contributed by atoms with Crippen LogP contribution in [0.1, 0.15) is 5.56 Å². The molecule has 0 fully saturated rings. The van der Waals surface area contributed by atoms with Gasteiger partial charge < -0.3 is 4.42 Å². The lowest BCUT2D eigenvalue weighted by atomic mass is 10.1. The van der Waals surface area contributed by atoms with Crippen LogP contribution in [0.5, 0.6) is 0 Å². The van der Waals surface area contributed by atoms with Gasteiger partial charge in [0.15, 0.2) is 5.58 Å². The molecule has 1 aromatic carbocycles. The largest absolute Gasteiger partial charge is 0.414 e. The topological polar surface area (TPSA) is 54.0 Å². The lowest BCUT2D eigenvalue weighted by Gasteiger charge is -1.92. The van der Waals surface area contributed by atoms with Crippen molar-refractivity contribution in [3.05, 3.63) is 33.5 Å². The molecular weight excluding hydrogens is 186 g/mol. The Morgan fingerprint density at radius 1 is 1.54 bits per heavy atom. The Hall–Kier alpha value is -1.60. The Balaban J connectivity index is 2.76. The molecule has 3 nitrogen and oxygen atoms in total. The standard InChI is InChI=1S/C9H5NO2S/c10-5-4-6-2-1-3-7-8(6)12-9(11)13-7/h1-3H,4H2. The maximum atomic E-state index is 10.9. The third-order valence-corrected chi connectivity index (χ3v) is 2.50. The summed E-state index contributed by atoms with van der Waals surface area (Å²) in [5.74, 6) is 0. The van der Waals surface area contributed by atoms with Crippen molar-refractivity contribution in [1.82, 2.24) is 0 Å². The zero-order valence-electron chi connectivity index (χ0n) is 6.61. The Kier molecular flexibility index (Phi) is 1.87. The van der Waals surface area contributed by atoms with Crippen molar-refractivity contribution in [1.29, 1.82) is 5.26 Å². The van der Waals surface area contributed by atoms with Gasteiger partial charge in [-0.15, -0.1) is 0 Å². The van der Waals surface area contributed by atoms with Crippen molar-refractivity contribution in [3.63, 3.8) is 0 Å². The molecule has 0 saturated carbocycles. The summed E-state index contributed by atoms with van der Waals surface area (Å²) in [6.45, 7) is 0. The van der Waals surface area contributed by atoms with Crippen LogP contribution in [0.15, 0.2) is 27.4 Å². The van der Waals surface area contributed by atoms with Crippen LogP contribution in [0.3, 0.4) is 0 Å². The number of benzene rings is 1. The Bertz CT molecular complexity index is 532. The highest BCUT2D eigenvalue weighted by Gasteiger charge is 2.05. The maximum Gasteiger partial charge on any atom is 0.396 e. The maximum absolute atomic E-state index is 10.9. The van der Waals surface area contributed by atoms with Gasteiger partial charge in [0.2, 0.25) is 0 Å². The van der Waals surface area contributed by atoms with E-state index in [4.69, 9.17) is 9.68 Å². The van der Waals surface area contributed by atoms with Gasteiger partial charge in [-0.3, -0.25) is 0 Å². The van der Waals surface area contributed by atoms with Crippen LogP contribution >= 0.6 is 11.3 Å². The van der Waals surface area contributed by atoms with E-state index in [1.807, 2.05) is 18.2 Å². The van der Waals surface area contributed by atoms with Crippen LogP contribution < -0.4 is 4.94 Å². The van der Waals surface area contributed by atoms with Crippen LogP contribution in [0.25, 0.3) is 10.3 Å². The number of nitrogens with zero attached hydrogens (tertiary/aromatic N) is 1. The predicted molar refractivity (Wildman–Crippen MR) is 49.7 cm³/mol. The minimum atomic E-state index is -0.319. The molecule has 0 aliphatic heterocycles. The molecule has 0 spiro atoms. The third-order valence-electron chi connectivity index (χ3n) is 1.71. The molecule has 64 valence electrons. The monoisotopic (exact) mass is 191 g/mol. The highest BCUT2D eigenvalue weighted by atomic mass is 32.1. The zero-order chi connectivity index (χ0) is 9.26. The Labute approximate surface area is 77.8 Å². The normalized spacial score (nSPS) is 10.1. The lowest BCUT2D eigenvalue weighted by Crippen LogP contribution is -1.83. The van der Waals surface area contributed by atoms with Crippen LogP contribution in [-0.4, -0.2) is 0 Å². The van der Waals surface area contributed by atoms with E-state index in [-0.39, 0.29) is 11.4 Å². The van der Waals surface area contributed by atoms with Crippen molar-refractivity contribution in [2.75, 3.05) is 0 Å². The summed E-state index contributed by atoms with van der Waals surface area (Å²) in [4.78, 5) is 10.6. The number of fused-ring (bicyclic) bond motifs is 1. The number of hydrogen-bond acceptors (Lipinski definition) is 4. The SMILES string of the molecule is N#CCc1cccc2sc(=O)oc12. The molecular formula is C9H5NO2S. The molecule has 1 heterocycles. The molecule has 13 heavy (non-hydrogen) atoms. The number of hydrogen-bond donors (Lipinski definition) is 0. The molecule has 0 radical (unpaired) electrons. The predicted octanol–water partition coefficient (Wildman–Crippen LogP) is 1.92. The minimum Gasteiger partial charge on any atom is -0.414 e. The van der Waals surface area contributed by atoms with Crippen LogP contribution in [0, 0.1) is 11.3 Å². The van der Waals surface area contributed by atoms with Crippen LogP contribution in [-0.2, 0) is 6.42 Å². The van der Waals surface area contributed by atoms with E-state index in [1.54, 1.807) is 6.07 Å². The van der Waals surface area contributed by atoms with E-state index in [0.29, 0.717) is 5.58 Å². The molecule has 0 bridgehead atoms. The highest BCUT2D eigenvalue weighted by molar-refractivity contribution is 7.16. The summed E-state index contributed by atoms with van der Waals surface area (Å²) in [7, 11) is 0. The number of nitriles is 1. The molecule has 0 atom stereocenters. The van der Waals surface area contributed by atoms with Gasteiger partial charge in [-0.1, -0.05) is 23.5 Å². The van der Waals surface area contributed by atoms with Gasteiger partial charge >= 0.3 is 4.94 Å². The average Bonchev–Trinajstić information content (AvgIpc) is 2.47. The Morgan fingerprint density at radius 2 is 2.38 bits per heavy atom. The summed E-state index contributed by atoms with van der Waals surface area (Å²) in [6.07, 6.45) is 0.275.